The first-order valence-corrected chi connectivity index (χ1v) is 10.0. The third-order valence-corrected chi connectivity index (χ3v) is 4.98. The smallest absolute Gasteiger partial charge is 0.325 e. The maximum atomic E-state index is 13.2. The molecular formula is C26H26N2O2. The van der Waals surface area contributed by atoms with Crippen LogP contribution >= 0.6 is 0 Å². The Morgan fingerprint density at radius 1 is 0.767 bits per heavy atom. The summed E-state index contributed by atoms with van der Waals surface area (Å²) in [5, 5.41) is 2.96. The molecule has 0 unspecified atom stereocenters. The zero-order valence-electron chi connectivity index (χ0n) is 17.2. The van der Waals surface area contributed by atoms with E-state index in [1.807, 2.05) is 105 Å². The number of hydrogen-bond donors (Lipinski definition) is 1. The van der Waals surface area contributed by atoms with Crippen LogP contribution in [-0.2, 0) is 4.79 Å². The van der Waals surface area contributed by atoms with Crippen LogP contribution in [-0.4, -0.2) is 16.8 Å². The van der Waals surface area contributed by atoms with Crippen molar-refractivity contribution in [2.45, 2.75) is 25.9 Å². The van der Waals surface area contributed by atoms with Gasteiger partial charge in [-0.3, -0.25) is 9.69 Å². The van der Waals surface area contributed by atoms with E-state index >= 15 is 0 Å². The Labute approximate surface area is 177 Å². The van der Waals surface area contributed by atoms with Gasteiger partial charge in [0.25, 0.3) is 5.91 Å². The number of urea groups is 1. The minimum Gasteiger partial charge on any atom is -0.331 e. The fourth-order valence-electron chi connectivity index (χ4n) is 3.24. The SMILES string of the molecule is C[C@H](NC(=O)N(C(=O)/C=C/c1ccccc1)[C@@H](C)c1ccccc1)c1ccccc1. The van der Waals surface area contributed by atoms with Crippen molar-refractivity contribution in [1.29, 1.82) is 0 Å². The molecule has 0 saturated heterocycles. The fraction of sp³-hybridized carbons (Fsp3) is 0.154. The number of imide groups is 1. The van der Waals surface area contributed by atoms with Crippen molar-refractivity contribution in [1.82, 2.24) is 10.2 Å². The average molecular weight is 399 g/mol. The molecule has 4 nitrogen and oxygen atoms in total. The molecule has 4 heteroatoms. The lowest BCUT2D eigenvalue weighted by Crippen LogP contribution is -2.45. The Kier molecular flexibility index (Phi) is 7.17. The third-order valence-electron chi connectivity index (χ3n) is 4.98. The van der Waals surface area contributed by atoms with Crippen molar-refractivity contribution in [2.24, 2.45) is 0 Å². The fourth-order valence-corrected chi connectivity index (χ4v) is 3.24. The molecule has 0 spiro atoms. The highest BCUT2D eigenvalue weighted by atomic mass is 16.2. The number of amides is 3. The predicted octanol–water partition coefficient (Wildman–Crippen LogP) is 5.76. The topological polar surface area (TPSA) is 49.4 Å². The highest BCUT2D eigenvalue weighted by molar-refractivity contribution is 6.02. The molecule has 152 valence electrons. The summed E-state index contributed by atoms with van der Waals surface area (Å²) in [5.41, 5.74) is 2.77. The summed E-state index contributed by atoms with van der Waals surface area (Å²) in [4.78, 5) is 27.5. The molecule has 0 aromatic heterocycles. The quantitative estimate of drug-likeness (QED) is 0.537. The Morgan fingerprint density at radius 2 is 1.27 bits per heavy atom. The molecule has 0 fully saturated rings. The first kappa shape index (κ1) is 21.1. The van der Waals surface area contributed by atoms with E-state index in [0.29, 0.717) is 0 Å². The second-order valence-corrected chi connectivity index (χ2v) is 7.12. The monoisotopic (exact) mass is 398 g/mol. The number of benzene rings is 3. The van der Waals surface area contributed by atoms with E-state index in [4.69, 9.17) is 0 Å². The number of carbonyl (C=O) groups excluding carboxylic acids is 2. The number of hydrogen-bond acceptors (Lipinski definition) is 2. The molecule has 0 radical (unpaired) electrons. The zero-order chi connectivity index (χ0) is 21.3. The van der Waals surface area contributed by atoms with Gasteiger partial charge >= 0.3 is 6.03 Å². The number of carbonyl (C=O) groups is 2. The Bertz CT molecular complexity index is 985. The van der Waals surface area contributed by atoms with Crippen LogP contribution in [0.2, 0.25) is 0 Å². The molecule has 0 bridgehead atoms. The average Bonchev–Trinajstić information content (AvgIpc) is 2.79. The van der Waals surface area contributed by atoms with Gasteiger partial charge in [-0.25, -0.2) is 4.79 Å². The maximum absolute atomic E-state index is 13.2. The van der Waals surface area contributed by atoms with E-state index in [2.05, 4.69) is 5.32 Å². The van der Waals surface area contributed by atoms with Crippen LogP contribution in [0.3, 0.4) is 0 Å². The summed E-state index contributed by atoms with van der Waals surface area (Å²) in [6.45, 7) is 3.76. The van der Waals surface area contributed by atoms with Gasteiger partial charge in [-0.05, 0) is 36.6 Å². The lowest BCUT2D eigenvalue weighted by Gasteiger charge is -2.28. The summed E-state index contributed by atoms with van der Waals surface area (Å²) >= 11 is 0. The van der Waals surface area contributed by atoms with Crippen molar-refractivity contribution in [3.8, 4) is 0 Å². The molecule has 1 N–H and O–H groups in total. The lowest BCUT2D eigenvalue weighted by atomic mass is 10.1. The standard InChI is InChI=1S/C26H26N2O2/c1-20(23-14-8-4-9-15-23)27-26(30)28(21(2)24-16-10-5-11-17-24)25(29)19-18-22-12-6-3-7-13-22/h3-21H,1-2H3,(H,27,30)/b19-18+/t20-,21-/m0/s1. The molecule has 0 saturated carbocycles. The zero-order valence-corrected chi connectivity index (χ0v) is 17.2. The van der Waals surface area contributed by atoms with Crippen molar-refractivity contribution in [3.63, 3.8) is 0 Å². The molecular weight excluding hydrogens is 372 g/mol. The Hall–Kier alpha value is -3.66. The number of nitrogens with zero attached hydrogens (tertiary/aromatic N) is 1. The number of rotatable bonds is 6. The van der Waals surface area contributed by atoms with Crippen LogP contribution in [0.15, 0.2) is 97.1 Å². The summed E-state index contributed by atoms with van der Waals surface area (Å²) in [7, 11) is 0. The van der Waals surface area contributed by atoms with E-state index in [0.717, 1.165) is 16.7 Å². The second-order valence-electron chi connectivity index (χ2n) is 7.12. The van der Waals surface area contributed by atoms with Crippen molar-refractivity contribution >= 4 is 18.0 Å². The minimum absolute atomic E-state index is 0.227. The van der Waals surface area contributed by atoms with Crippen LogP contribution in [0.5, 0.6) is 0 Å². The first-order valence-electron chi connectivity index (χ1n) is 10.0. The van der Waals surface area contributed by atoms with E-state index < -0.39 is 12.1 Å². The van der Waals surface area contributed by atoms with Gasteiger partial charge in [-0.2, -0.15) is 0 Å². The van der Waals surface area contributed by atoms with Gasteiger partial charge in [-0.15, -0.1) is 0 Å². The van der Waals surface area contributed by atoms with E-state index in [1.165, 1.54) is 11.0 Å². The van der Waals surface area contributed by atoms with Crippen molar-refractivity contribution in [3.05, 3.63) is 114 Å². The molecule has 3 rings (SSSR count). The van der Waals surface area contributed by atoms with Crippen LogP contribution in [0.25, 0.3) is 6.08 Å². The van der Waals surface area contributed by atoms with E-state index in [-0.39, 0.29) is 11.9 Å². The lowest BCUT2D eigenvalue weighted by molar-refractivity contribution is -0.124. The summed E-state index contributed by atoms with van der Waals surface area (Å²) in [6.07, 6.45) is 3.17. The molecule has 3 aromatic rings. The predicted molar refractivity (Wildman–Crippen MR) is 121 cm³/mol. The first-order chi connectivity index (χ1) is 14.6. The molecule has 3 amide bonds. The van der Waals surface area contributed by atoms with Crippen LogP contribution < -0.4 is 5.32 Å². The summed E-state index contributed by atoms with van der Waals surface area (Å²) in [5.74, 6) is -0.368. The summed E-state index contributed by atoms with van der Waals surface area (Å²) < 4.78 is 0. The third kappa shape index (κ3) is 5.45. The van der Waals surface area contributed by atoms with Gasteiger partial charge in [-0.1, -0.05) is 91.0 Å². The van der Waals surface area contributed by atoms with Gasteiger partial charge < -0.3 is 5.32 Å². The molecule has 0 aliphatic rings. The van der Waals surface area contributed by atoms with Crippen LogP contribution in [0.4, 0.5) is 4.79 Å². The summed E-state index contributed by atoms with van der Waals surface area (Å²) in [6, 6.07) is 27.7. The van der Waals surface area contributed by atoms with Crippen molar-refractivity contribution in [2.75, 3.05) is 0 Å². The van der Waals surface area contributed by atoms with Crippen LogP contribution in [0.1, 0.15) is 42.6 Å². The van der Waals surface area contributed by atoms with Gasteiger partial charge in [0.05, 0.1) is 12.1 Å². The minimum atomic E-state index is -0.426. The highest BCUT2D eigenvalue weighted by Crippen LogP contribution is 2.22. The van der Waals surface area contributed by atoms with E-state index in [1.54, 1.807) is 6.08 Å². The Morgan fingerprint density at radius 3 is 1.83 bits per heavy atom. The molecule has 30 heavy (non-hydrogen) atoms. The normalized spacial score (nSPS) is 12.9. The second kappa shape index (κ2) is 10.2. The highest BCUT2D eigenvalue weighted by Gasteiger charge is 2.27. The maximum Gasteiger partial charge on any atom is 0.325 e. The van der Waals surface area contributed by atoms with E-state index in [9.17, 15) is 9.59 Å². The number of nitrogens with one attached hydrogen (secondary N) is 1. The molecule has 3 aromatic carbocycles. The van der Waals surface area contributed by atoms with Crippen LogP contribution in [0, 0.1) is 0 Å². The Balaban J connectivity index is 1.84. The molecule has 0 aliphatic carbocycles. The van der Waals surface area contributed by atoms with Crippen molar-refractivity contribution < 1.29 is 9.59 Å². The van der Waals surface area contributed by atoms with Gasteiger partial charge in [0.1, 0.15) is 0 Å². The molecule has 0 heterocycles. The largest absolute Gasteiger partial charge is 0.331 e. The molecule has 0 aliphatic heterocycles. The molecule has 2 atom stereocenters. The van der Waals surface area contributed by atoms with Gasteiger partial charge in [0, 0.05) is 6.08 Å². The van der Waals surface area contributed by atoms with Gasteiger partial charge in [0.2, 0.25) is 0 Å². The van der Waals surface area contributed by atoms with Gasteiger partial charge in [0.15, 0.2) is 0 Å².